The van der Waals surface area contributed by atoms with Crippen molar-refractivity contribution in [2.24, 2.45) is 0 Å². The van der Waals surface area contributed by atoms with Crippen LogP contribution in [-0.2, 0) is 10.0 Å². The van der Waals surface area contributed by atoms with Crippen LogP contribution in [0.2, 0.25) is 0 Å². The Labute approximate surface area is 183 Å². The molecule has 1 N–H and O–H groups in total. The number of sulfonamides is 1. The zero-order valence-electron chi connectivity index (χ0n) is 17.8. The van der Waals surface area contributed by atoms with Gasteiger partial charge in [0.1, 0.15) is 5.75 Å². The molecule has 162 valence electrons. The molecular weight excluding hydrogens is 412 g/mol. The number of para-hydroxylation sites is 3. The second kappa shape index (κ2) is 9.76. The van der Waals surface area contributed by atoms with E-state index in [4.69, 9.17) is 4.74 Å². The highest BCUT2D eigenvalue weighted by molar-refractivity contribution is 7.89. The molecular formula is C24H26N2O4S. The number of hydrogen-bond acceptors (Lipinski definition) is 4. The van der Waals surface area contributed by atoms with E-state index in [-0.39, 0.29) is 4.90 Å². The molecule has 0 heterocycles. The van der Waals surface area contributed by atoms with Gasteiger partial charge in [-0.2, -0.15) is 4.31 Å². The lowest BCUT2D eigenvalue weighted by molar-refractivity contribution is 0.102. The van der Waals surface area contributed by atoms with Gasteiger partial charge in [-0.25, -0.2) is 8.42 Å². The summed E-state index contributed by atoms with van der Waals surface area (Å²) in [6.45, 7) is 6.06. The van der Waals surface area contributed by atoms with Crippen LogP contribution in [0.5, 0.6) is 11.5 Å². The molecule has 0 radical (unpaired) electrons. The van der Waals surface area contributed by atoms with E-state index in [1.807, 2.05) is 36.4 Å². The number of rotatable bonds is 8. The number of carbonyl (C=O) groups excluding carboxylic acids is 1. The molecule has 3 aromatic rings. The minimum Gasteiger partial charge on any atom is -0.455 e. The van der Waals surface area contributed by atoms with Crippen molar-refractivity contribution < 1.29 is 17.9 Å². The first-order valence-electron chi connectivity index (χ1n) is 10.1. The van der Waals surface area contributed by atoms with Gasteiger partial charge in [0.2, 0.25) is 10.0 Å². The van der Waals surface area contributed by atoms with Gasteiger partial charge in [0.15, 0.2) is 5.75 Å². The summed E-state index contributed by atoms with van der Waals surface area (Å²) in [5.74, 6) is 0.734. The maximum atomic E-state index is 13.1. The molecule has 7 heteroatoms. The highest BCUT2D eigenvalue weighted by Gasteiger charge is 2.23. The fraction of sp³-hybridized carbons (Fsp3) is 0.208. The summed E-state index contributed by atoms with van der Waals surface area (Å²) in [7, 11) is -3.67. The normalized spacial score (nSPS) is 11.4. The molecule has 0 spiro atoms. The van der Waals surface area contributed by atoms with E-state index in [1.54, 1.807) is 45.0 Å². The number of anilines is 1. The Balaban J connectivity index is 1.90. The van der Waals surface area contributed by atoms with Crippen molar-refractivity contribution in [3.05, 3.63) is 83.9 Å². The predicted octanol–water partition coefficient (Wildman–Crippen LogP) is 5.07. The molecule has 0 aromatic heterocycles. The summed E-state index contributed by atoms with van der Waals surface area (Å²) in [6.07, 6.45) is 0. The number of aryl methyl sites for hydroxylation is 1. The van der Waals surface area contributed by atoms with Gasteiger partial charge in [-0.05, 0) is 48.9 Å². The molecule has 31 heavy (non-hydrogen) atoms. The van der Waals surface area contributed by atoms with Crippen molar-refractivity contribution in [1.82, 2.24) is 4.31 Å². The lowest BCUT2D eigenvalue weighted by Gasteiger charge is -2.19. The van der Waals surface area contributed by atoms with Crippen molar-refractivity contribution in [3.8, 4) is 11.5 Å². The lowest BCUT2D eigenvalue weighted by Crippen LogP contribution is -2.30. The molecule has 0 aliphatic carbocycles. The largest absolute Gasteiger partial charge is 0.455 e. The van der Waals surface area contributed by atoms with Crippen molar-refractivity contribution in [3.63, 3.8) is 0 Å². The van der Waals surface area contributed by atoms with Crippen LogP contribution in [0.4, 0.5) is 5.69 Å². The maximum Gasteiger partial charge on any atom is 0.256 e. The third-order valence-electron chi connectivity index (χ3n) is 4.90. The SMILES string of the molecule is CCN(CC)S(=O)(=O)c1ccc(C)c(C(=O)Nc2ccccc2Oc2ccccc2)c1. The molecule has 0 aliphatic rings. The van der Waals surface area contributed by atoms with Crippen molar-refractivity contribution in [2.45, 2.75) is 25.7 Å². The Bertz CT molecular complexity index is 1160. The number of carbonyl (C=O) groups is 1. The Morgan fingerprint density at radius 2 is 1.58 bits per heavy atom. The first-order chi connectivity index (χ1) is 14.9. The third kappa shape index (κ3) is 5.13. The molecule has 3 aromatic carbocycles. The third-order valence-corrected chi connectivity index (χ3v) is 6.95. The van der Waals surface area contributed by atoms with Gasteiger partial charge in [0, 0.05) is 18.7 Å². The molecule has 1 amide bonds. The predicted molar refractivity (Wildman–Crippen MR) is 122 cm³/mol. The van der Waals surface area contributed by atoms with Crippen LogP contribution < -0.4 is 10.1 Å². The van der Waals surface area contributed by atoms with Crippen LogP contribution in [0.1, 0.15) is 29.8 Å². The molecule has 0 saturated heterocycles. The summed E-state index contributed by atoms with van der Waals surface area (Å²) in [5.41, 5.74) is 1.47. The van der Waals surface area contributed by atoms with Crippen LogP contribution in [0.15, 0.2) is 77.7 Å². The molecule has 6 nitrogen and oxygen atoms in total. The molecule has 0 unspecified atom stereocenters. The van der Waals surface area contributed by atoms with Gasteiger partial charge < -0.3 is 10.1 Å². The Hall–Kier alpha value is -3.16. The first kappa shape index (κ1) is 22.5. The van der Waals surface area contributed by atoms with E-state index < -0.39 is 15.9 Å². The Morgan fingerprint density at radius 1 is 0.935 bits per heavy atom. The van der Waals surface area contributed by atoms with Crippen LogP contribution in [0.3, 0.4) is 0 Å². The summed E-state index contributed by atoms with van der Waals surface area (Å²) >= 11 is 0. The van der Waals surface area contributed by atoms with Crippen LogP contribution in [0, 0.1) is 6.92 Å². The molecule has 0 fully saturated rings. The zero-order valence-corrected chi connectivity index (χ0v) is 18.6. The van der Waals surface area contributed by atoms with Crippen molar-refractivity contribution in [1.29, 1.82) is 0 Å². The standard InChI is InChI=1S/C24H26N2O4S/c1-4-26(5-2)31(28,29)20-16-15-18(3)21(17-20)24(27)25-22-13-9-10-14-23(22)30-19-11-7-6-8-12-19/h6-17H,4-5H2,1-3H3,(H,25,27). The van der Waals surface area contributed by atoms with Crippen molar-refractivity contribution in [2.75, 3.05) is 18.4 Å². The van der Waals surface area contributed by atoms with E-state index in [0.29, 0.717) is 41.4 Å². The second-order valence-electron chi connectivity index (χ2n) is 6.93. The van der Waals surface area contributed by atoms with E-state index in [2.05, 4.69) is 5.32 Å². The molecule has 3 rings (SSSR count). The minimum atomic E-state index is -3.67. The quantitative estimate of drug-likeness (QED) is 0.533. The molecule has 0 aliphatic heterocycles. The second-order valence-corrected chi connectivity index (χ2v) is 8.87. The highest BCUT2D eigenvalue weighted by atomic mass is 32.2. The maximum absolute atomic E-state index is 13.1. The fourth-order valence-corrected chi connectivity index (χ4v) is 4.67. The number of ether oxygens (including phenoxy) is 1. The number of nitrogens with one attached hydrogen (secondary N) is 1. The smallest absolute Gasteiger partial charge is 0.256 e. The Kier molecular flexibility index (Phi) is 7.09. The van der Waals surface area contributed by atoms with E-state index in [0.717, 1.165) is 0 Å². The van der Waals surface area contributed by atoms with Gasteiger partial charge in [-0.15, -0.1) is 0 Å². The number of amides is 1. The number of benzene rings is 3. The summed E-state index contributed by atoms with van der Waals surface area (Å²) in [4.78, 5) is 13.2. The molecule has 0 bridgehead atoms. The van der Waals surface area contributed by atoms with Crippen LogP contribution in [0.25, 0.3) is 0 Å². The topological polar surface area (TPSA) is 75.7 Å². The Morgan fingerprint density at radius 3 is 2.26 bits per heavy atom. The van der Waals surface area contributed by atoms with Crippen LogP contribution >= 0.6 is 0 Å². The van der Waals surface area contributed by atoms with Gasteiger partial charge in [0.05, 0.1) is 10.6 Å². The van der Waals surface area contributed by atoms with Gasteiger partial charge >= 0.3 is 0 Å². The lowest BCUT2D eigenvalue weighted by atomic mass is 10.1. The summed E-state index contributed by atoms with van der Waals surface area (Å²) < 4.78 is 33.0. The van der Waals surface area contributed by atoms with Gasteiger partial charge in [0.25, 0.3) is 5.91 Å². The summed E-state index contributed by atoms with van der Waals surface area (Å²) in [5, 5.41) is 2.85. The molecule has 0 atom stereocenters. The monoisotopic (exact) mass is 438 g/mol. The summed E-state index contributed by atoms with van der Waals surface area (Å²) in [6, 6.07) is 21.0. The number of nitrogens with zero attached hydrogens (tertiary/aromatic N) is 1. The number of hydrogen-bond donors (Lipinski definition) is 1. The van der Waals surface area contributed by atoms with E-state index in [1.165, 1.54) is 16.4 Å². The average molecular weight is 439 g/mol. The van der Waals surface area contributed by atoms with Crippen molar-refractivity contribution >= 4 is 21.6 Å². The van der Waals surface area contributed by atoms with Gasteiger partial charge in [-0.3, -0.25) is 4.79 Å². The fourth-order valence-electron chi connectivity index (χ4n) is 3.18. The average Bonchev–Trinajstić information content (AvgIpc) is 2.76. The highest BCUT2D eigenvalue weighted by Crippen LogP contribution is 2.30. The zero-order chi connectivity index (χ0) is 22.4. The van der Waals surface area contributed by atoms with Gasteiger partial charge in [-0.1, -0.05) is 50.2 Å². The first-order valence-corrected chi connectivity index (χ1v) is 11.5. The van der Waals surface area contributed by atoms with E-state index in [9.17, 15) is 13.2 Å². The van der Waals surface area contributed by atoms with E-state index >= 15 is 0 Å². The minimum absolute atomic E-state index is 0.0979. The van der Waals surface area contributed by atoms with Crippen LogP contribution in [-0.4, -0.2) is 31.7 Å². The molecule has 0 saturated carbocycles.